The molecule has 3 aromatic carbocycles. The van der Waals surface area contributed by atoms with E-state index in [1.165, 1.54) is 24.3 Å². The average Bonchev–Trinajstić information content (AvgIpc) is 2.82. The Kier molecular flexibility index (Phi) is 6.50. The molecule has 0 spiro atoms. The molecule has 1 aliphatic rings. The van der Waals surface area contributed by atoms with Crippen molar-refractivity contribution >= 4 is 17.5 Å². The van der Waals surface area contributed by atoms with E-state index in [2.05, 4.69) is 5.32 Å². The lowest BCUT2D eigenvalue weighted by Crippen LogP contribution is -2.43. The molecule has 4 rings (SSSR count). The number of aryl methyl sites for hydroxylation is 1. The quantitative estimate of drug-likeness (QED) is 0.586. The Morgan fingerprint density at radius 3 is 2.47 bits per heavy atom. The molecule has 0 aliphatic carbocycles. The molecule has 0 bridgehead atoms. The minimum Gasteiger partial charge on any atom is -0.455 e. The SMILES string of the molecule is Cc1ccc(Oc2ccccc2NC(=O)[C@@H]2CCCN(C(=O)c3ccc(F)cc3)C2)cc1. The predicted octanol–water partition coefficient (Wildman–Crippen LogP) is 5.42. The second-order valence-electron chi connectivity index (χ2n) is 8.00. The smallest absolute Gasteiger partial charge is 0.253 e. The average molecular weight is 432 g/mol. The van der Waals surface area contributed by atoms with Crippen molar-refractivity contribution in [2.24, 2.45) is 5.92 Å². The highest BCUT2D eigenvalue weighted by molar-refractivity contribution is 5.96. The Labute approximate surface area is 186 Å². The van der Waals surface area contributed by atoms with Crippen molar-refractivity contribution in [1.82, 2.24) is 4.90 Å². The number of nitrogens with one attached hydrogen (secondary N) is 1. The van der Waals surface area contributed by atoms with Crippen LogP contribution in [0.2, 0.25) is 0 Å². The van der Waals surface area contributed by atoms with Gasteiger partial charge in [0.15, 0.2) is 5.75 Å². The summed E-state index contributed by atoms with van der Waals surface area (Å²) < 4.78 is 19.1. The van der Waals surface area contributed by atoms with E-state index in [1.807, 2.05) is 43.3 Å². The van der Waals surface area contributed by atoms with E-state index in [0.717, 1.165) is 12.0 Å². The number of halogens is 1. The fourth-order valence-electron chi connectivity index (χ4n) is 3.78. The lowest BCUT2D eigenvalue weighted by molar-refractivity contribution is -0.121. The van der Waals surface area contributed by atoms with Gasteiger partial charge in [-0.25, -0.2) is 4.39 Å². The summed E-state index contributed by atoms with van der Waals surface area (Å²) in [4.78, 5) is 27.4. The lowest BCUT2D eigenvalue weighted by Gasteiger charge is -2.32. The van der Waals surface area contributed by atoms with Crippen molar-refractivity contribution in [2.45, 2.75) is 19.8 Å². The van der Waals surface area contributed by atoms with Crippen LogP contribution in [0.25, 0.3) is 0 Å². The van der Waals surface area contributed by atoms with Crippen molar-refractivity contribution in [1.29, 1.82) is 0 Å². The van der Waals surface area contributed by atoms with Gasteiger partial charge in [-0.3, -0.25) is 9.59 Å². The number of likely N-dealkylation sites (tertiary alicyclic amines) is 1. The Bertz CT molecular complexity index is 1100. The summed E-state index contributed by atoms with van der Waals surface area (Å²) in [6.07, 6.45) is 1.42. The maximum absolute atomic E-state index is 13.2. The number of rotatable bonds is 5. The number of carbonyl (C=O) groups excluding carboxylic acids is 2. The van der Waals surface area contributed by atoms with Crippen LogP contribution in [0.3, 0.4) is 0 Å². The molecule has 164 valence electrons. The van der Waals surface area contributed by atoms with Crippen molar-refractivity contribution in [3.8, 4) is 11.5 Å². The van der Waals surface area contributed by atoms with Crippen molar-refractivity contribution in [2.75, 3.05) is 18.4 Å². The first kappa shape index (κ1) is 21.6. The third-order valence-electron chi connectivity index (χ3n) is 5.56. The number of ether oxygens (including phenoxy) is 1. The number of anilines is 1. The molecule has 1 heterocycles. The van der Waals surface area contributed by atoms with Gasteiger partial charge < -0.3 is 15.0 Å². The van der Waals surface area contributed by atoms with E-state index in [1.54, 1.807) is 17.0 Å². The second-order valence-corrected chi connectivity index (χ2v) is 8.00. The number of benzene rings is 3. The fourth-order valence-corrected chi connectivity index (χ4v) is 3.78. The molecule has 1 fully saturated rings. The number of amides is 2. The van der Waals surface area contributed by atoms with Gasteiger partial charge in [-0.15, -0.1) is 0 Å². The van der Waals surface area contributed by atoms with Crippen molar-refractivity contribution in [3.05, 3.63) is 89.7 Å². The Hall–Kier alpha value is -3.67. The van der Waals surface area contributed by atoms with Gasteiger partial charge in [0.25, 0.3) is 5.91 Å². The molecule has 32 heavy (non-hydrogen) atoms. The molecular formula is C26H25FN2O3. The molecule has 0 radical (unpaired) electrons. The van der Waals surface area contributed by atoms with Gasteiger partial charge in [-0.1, -0.05) is 29.8 Å². The zero-order chi connectivity index (χ0) is 22.5. The molecule has 2 amide bonds. The van der Waals surface area contributed by atoms with Gasteiger partial charge >= 0.3 is 0 Å². The highest BCUT2D eigenvalue weighted by atomic mass is 19.1. The Morgan fingerprint density at radius 2 is 1.72 bits per heavy atom. The Balaban J connectivity index is 1.43. The summed E-state index contributed by atoms with van der Waals surface area (Å²) in [5, 5.41) is 2.97. The summed E-state index contributed by atoms with van der Waals surface area (Å²) in [6, 6.07) is 20.5. The number of nitrogens with zero attached hydrogens (tertiary/aromatic N) is 1. The first-order chi connectivity index (χ1) is 15.5. The predicted molar refractivity (Wildman–Crippen MR) is 121 cm³/mol. The van der Waals surface area contributed by atoms with E-state index in [-0.39, 0.29) is 23.5 Å². The van der Waals surface area contributed by atoms with E-state index < -0.39 is 0 Å². The number of hydrogen-bond donors (Lipinski definition) is 1. The van der Waals surface area contributed by atoms with Crippen LogP contribution in [0, 0.1) is 18.7 Å². The third-order valence-corrected chi connectivity index (χ3v) is 5.56. The van der Waals surface area contributed by atoms with Gasteiger partial charge in [-0.2, -0.15) is 0 Å². The van der Waals surface area contributed by atoms with Crippen molar-refractivity contribution < 1.29 is 18.7 Å². The highest BCUT2D eigenvalue weighted by Crippen LogP contribution is 2.30. The molecule has 6 heteroatoms. The summed E-state index contributed by atoms with van der Waals surface area (Å²) in [5.74, 6) is 0.183. The maximum Gasteiger partial charge on any atom is 0.253 e. The topological polar surface area (TPSA) is 58.6 Å². The molecule has 1 N–H and O–H groups in total. The normalized spacial score (nSPS) is 15.8. The van der Waals surface area contributed by atoms with E-state index >= 15 is 0 Å². The van der Waals surface area contributed by atoms with Crippen LogP contribution >= 0.6 is 0 Å². The molecule has 1 atom stereocenters. The van der Waals surface area contributed by atoms with Crippen LogP contribution in [0.15, 0.2) is 72.8 Å². The van der Waals surface area contributed by atoms with Crippen LogP contribution in [-0.4, -0.2) is 29.8 Å². The Morgan fingerprint density at radius 1 is 1.00 bits per heavy atom. The molecule has 1 saturated heterocycles. The van der Waals surface area contributed by atoms with E-state index in [9.17, 15) is 14.0 Å². The van der Waals surface area contributed by atoms with Gasteiger partial charge in [-0.05, 0) is 68.3 Å². The second kappa shape index (κ2) is 9.64. The molecule has 3 aromatic rings. The van der Waals surface area contributed by atoms with Crippen LogP contribution in [0.4, 0.5) is 10.1 Å². The highest BCUT2D eigenvalue weighted by Gasteiger charge is 2.29. The molecular weight excluding hydrogens is 407 g/mol. The summed E-state index contributed by atoms with van der Waals surface area (Å²) in [5.41, 5.74) is 2.14. The van der Waals surface area contributed by atoms with Crippen LogP contribution in [-0.2, 0) is 4.79 Å². The molecule has 0 aromatic heterocycles. The van der Waals surface area contributed by atoms with Gasteiger partial charge in [0.05, 0.1) is 11.6 Å². The lowest BCUT2D eigenvalue weighted by atomic mass is 9.96. The zero-order valence-electron chi connectivity index (χ0n) is 17.9. The maximum atomic E-state index is 13.2. The summed E-state index contributed by atoms with van der Waals surface area (Å²) >= 11 is 0. The van der Waals surface area contributed by atoms with E-state index in [4.69, 9.17) is 4.74 Å². The minimum atomic E-state index is -0.385. The third kappa shape index (κ3) is 5.14. The monoisotopic (exact) mass is 432 g/mol. The number of para-hydroxylation sites is 2. The van der Waals surface area contributed by atoms with Crippen LogP contribution in [0.5, 0.6) is 11.5 Å². The number of hydrogen-bond acceptors (Lipinski definition) is 3. The molecule has 0 saturated carbocycles. The summed E-state index contributed by atoms with van der Waals surface area (Å²) in [6.45, 7) is 2.91. The fraction of sp³-hybridized carbons (Fsp3) is 0.231. The number of carbonyl (C=O) groups is 2. The summed E-state index contributed by atoms with van der Waals surface area (Å²) in [7, 11) is 0. The van der Waals surface area contributed by atoms with Gasteiger partial charge in [0, 0.05) is 18.7 Å². The van der Waals surface area contributed by atoms with E-state index in [0.29, 0.717) is 42.3 Å². The standard InChI is InChI=1S/C26H25FN2O3/c1-18-8-14-22(15-9-18)32-24-7-3-2-6-23(24)28-25(30)20-5-4-16-29(17-20)26(31)19-10-12-21(27)13-11-19/h2-3,6-15,20H,4-5,16-17H2,1H3,(H,28,30)/t20-/m1/s1. The largest absolute Gasteiger partial charge is 0.455 e. The van der Waals surface area contributed by atoms with Crippen LogP contribution in [0.1, 0.15) is 28.8 Å². The van der Waals surface area contributed by atoms with Gasteiger partial charge in [0.1, 0.15) is 11.6 Å². The molecule has 1 aliphatic heterocycles. The number of piperidine rings is 1. The first-order valence-corrected chi connectivity index (χ1v) is 10.7. The zero-order valence-corrected chi connectivity index (χ0v) is 17.9. The first-order valence-electron chi connectivity index (χ1n) is 10.7. The molecule has 5 nitrogen and oxygen atoms in total. The van der Waals surface area contributed by atoms with Crippen LogP contribution < -0.4 is 10.1 Å². The van der Waals surface area contributed by atoms with Crippen molar-refractivity contribution in [3.63, 3.8) is 0 Å². The minimum absolute atomic E-state index is 0.151. The molecule has 0 unspecified atom stereocenters. The van der Waals surface area contributed by atoms with Gasteiger partial charge in [0.2, 0.25) is 5.91 Å².